The maximum atomic E-state index is 13.1. The predicted octanol–water partition coefficient (Wildman–Crippen LogP) is 5.04. The van der Waals surface area contributed by atoms with Crippen LogP contribution in [0.3, 0.4) is 0 Å². The highest BCUT2D eigenvalue weighted by atomic mass is 32.2. The van der Waals surface area contributed by atoms with Crippen molar-refractivity contribution in [2.75, 3.05) is 5.75 Å². The van der Waals surface area contributed by atoms with Crippen molar-refractivity contribution >= 4 is 23.4 Å². The standard InChI is InChI=1S/C19H16F4N2O3S/c20-14-4-1-12(2-5-14)10-24(15-6-7-15)18(26)11-29-17-8-3-13(19(21,22)23)9-16(17)25(27)28/h1-5,8-9,15H,6-7,10-11H2. The Hall–Kier alpha value is -2.62. The van der Waals surface area contributed by atoms with E-state index < -0.39 is 22.4 Å². The van der Waals surface area contributed by atoms with Crippen LogP contribution in [0.25, 0.3) is 0 Å². The van der Waals surface area contributed by atoms with Gasteiger partial charge < -0.3 is 4.90 Å². The molecule has 1 aliphatic rings. The molecule has 0 bridgehead atoms. The Balaban J connectivity index is 1.71. The number of hydrogen-bond acceptors (Lipinski definition) is 4. The third kappa shape index (κ3) is 5.47. The minimum absolute atomic E-state index is 0.00567. The topological polar surface area (TPSA) is 63.4 Å². The van der Waals surface area contributed by atoms with Crippen LogP contribution in [0.1, 0.15) is 24.0 Å². The molecule has 0 heterocycles. The smallest absolute Gasteiger partial charge is 0.335 e. The van der Waals surface area contributed by atoms with Crippen LogP contribution >= 0.6 is 11.8 Å². The Morgan fingerprint density at radius 2 is 1.83 bits per heavy atom. The van der Waals surface area contributed by atoms with E-state index in [0.717, 1.165) is 42.3 Å². The van der Waals surface area contributed by atoms with E-state index in [9.17, 15) is 32.5 Å². The van der Waals surface area contributed by atoms with Crippen LogP contribution in [0.2, 0.25) is 0 Å². The number of alkyl halides is 3. The molecular formula is C19H16F4N2O3S. The summed E-state index contributed by atoms with van der Waals surface area (Å²) in [5, 5.41) is 11.2. The monoisotopic (exact) mass is 428 g/mol. The normalized spacial score (nSPS) is 13.9. The van der Waals surface area contributed by atoms with Gasteiger partial charge >= 0.3 is 6.18 Å². The number of carbonyl (C=O) groups is 1. The Labute approximate surface area is 167 Å². The van der Waals surface area contributed by atoms with Gasteiger partial charge in [-0.25, -0.2) is 4.39 Å². The van der Waals surface area contributed by atoms with Crippen molar-refractivity contribution in [2.24, 2.45) is 0 Å². The van der Waals surface area contributed by atoms with Crippen LogP contribution in [0.4, 0.5) is 23.2 Å². The Bertz CT molecular complexity index is 915. The second-order valence-corrected chi connectivity index (χ2v) is 7.62. The molecular weight excluding hydrogens is 412 g/mol. The lowest BCUT2D eigenvalue weighted by Crippen LogP contribution is -2.34. The number of halogens is 4. The second-order valence-electron chi connectivity index (χ2n) is 6.61. The molecule has 1 saturated carbocycles. The molecule has 1 aliphatic carbocycles. The first-order valence-corrected chi connectivity index (χ1v) is 9.66. The third-order valence-corrected chi connectivity index (χ3v) is 5.46. The Morgan fingerprint density at radius 3 is 2.38 bits per heavy atom. The lowest BCUT2D eigenvalue weighted by atomic mass is 10.2. The molecule has 0 radical (unpaired) electrons. The molecule has 2 aromatic carbocycles. The van der Waals surface area contributed by atoms with Crippen molar-refractivity contribution in [3.8, 4) is 0 Å². The van der Waals surface area contributed by atoms with E-state index in [1.807, 2.05) is 0 Å². The van der Waals surface area contributed by atoms with Gasteiger partial charge in [0.25, 0.3) is 5.69 Å². The first kappa shape index (κ1) is 21.1. The zero-order valence-corrected chi connectivity index (χ0v) is 15.8. The van der Waals surface area contributed by atoms with Gasteiger partial charge in [-0.15, -0.1) is 11.8 Å². The molecule has 1 amide bonds. The molecule has 5 nitrogen and oxygen atoms in total. The number of nitrogens with zero attached hydrogens (tertiary/aromatic N) is 2. The molecule has 0 N–H and O–H groups in total. The quantitative estimate of drug-likeness (QED) is 0.268. The van der Waals surface area contributed by atoms with Crippen molar-refractivity contribution in [1.29, 1.82) is 0 Å². The zero-order valence-electron chi connectivity index (χ0n) is 15.0. The highest BCUT2D eigenvalue weighted by Crippen LogP contribution is 2.37. The fourth-order valence-electron chi connectivity index (χ4n) is 2.77. The van der Waals surface area contributed by atoms with Crippen molar-refractivity contribution in [3.05, 3.63) is 69.5 Å². The van der Waals surface area contributed by atoms with E-state index in [2.05, 4.69) is 0 Å². The molecule has 3 rings (SSSR count). The van der Waals surface area contributed by atoms with Crippen molar-refractivity contribution in [3.63, 3.8) is 0 Å². The molecule has 0 aromatic heterocycles. The molecule has 0 spiro atoms. The SMILES string of the molecule is O=C(CSc1ccc(C(F)(F)F)cc1[N+](=O)[O-])N(Cc1ccc(F)cc1)C1CC1. The van der Waals surface area contributed by atoms with Crippen LogP contribution < -0.4 is 0 Å². The first-order valence-electron chi connectivity index (χ1n) is 8.67. The fourth-order valence-corrected chi connectivity index (χ4v) is 3.66. The molecule has 154 valence electrons. The summed E-state index contributed by atoms with van der Waals surface area (Å²) in [6.45, 7) is 0.277. The van der Waals surface area contributed by atoms with Crippen molar-refractivity contribution < 1.29 is 27.3 Å². The van der Waals surface area contributed by atoms with E-state index >= 15 is 0 Å². The van der Waals surface area contributed by atoms with Gasteiger partial charge in [0.05, 0.1) is 21.1 Å². The van der Waals surface area contributed by atoms with Gasteiger partial charge in [0, 0.05) is 18.7 Å². The van der Waals surface area contributed by atoms with E-state index in [1.165, 1.54) is 12.1 Å². The van der Waals surface area contributed by atoms with Crippen molar-refractivity contribution in [2.45, 2.75) is 36.5 Å². The maximum Gasteiger partial charge on any atom is 0.416 e. The van der Waals surface area contributed by atoms with E-state index in [1.54, 1.807) is 17.0 Å². The molecule has 0 saturated heterocycles. The van der Waals surface area contributed by atoms with Gasteiger partial charge in [0.2, 0.25) is 5.91 Å². The fraction of sp³-hybridized carbons (Fsp3) is 0.316. The predicted molar refractivity (Wildman–Crippen MR) is 98.8 cm³/mol. The zero-order chi connectivity index (χ0) is 21.2. The summed E-state index contributed by atoms with van der Waals surface area (Å²) in [5.41, 5.74) is -1.05. The summed E-state index contributed by atoms with van der Waals surface area (Å²) in [4.78, 5) is 24.5. The summed E-state index contributed by atoms with van der Waals surface area (Å²) < 4.78 is 51.4. The summed E-state index contributed by atoms with van der Waals surface area (Å²) in [6.07, 6.45) is -3.03. The average Bonchev–Trinajstić information content (AvgIpc) is 3.49. The van der Waals surface area contributed by atoms with Gasteiger partial charge in [-0.3, -0.25) is 14.9 Å². The summed E-state index contributed by atoms with van der Waals surface area (Å²) in [7, 11) is 0. The number of rotatable bonds is 7. The first-order chi connectivity index (χ1) is 13.6. The number of hydrogen-bond donors (Lipinski definition) is 0. The minimum atomic E-state index is -4.69. The number of benzene rings is 2. The van der Waals surface area contributed by atoms with Crippen LogP contribution in [0, 0.1) is 15.9 Å². The van der Waals surface area contributed by atoms with Gasteiger partial charge in [0.1, 0.15) is 5.82 Å². The van der Waals surface area contributed by atoms with E-state index in [0.29, 0.717) is 6.07 Å². The van der Waals surface area contributed by atoms with Crippen LogP contribution in [0.15, 0.2) is 47.4 Å². The number of thioether (sulfide) groups is 1. The molecule has 10 heteroatoms. The van der Waals surface area contributed by atoms with Gasteiger partial charge in [-0.1, -0.05) is 12.1 Å². The largest absolute Gasteiger partial charge is 0.416 e. The molecule has 0 unspecified atom stereocenters. The molecule has 2 aromatic rings. The minimum Gasteiger partial charge on any atom is -0.335 e. The highest BCUT2D eigenvalue weighted by Gasteiger charge is 2.34. The van der Waals surface area contributed by atoms with Gasteiger partial charge in [-0.05, 0) is 42.7 Å². The lowest BCUT2D eigenvalue weighted by molar-refractivity contribution is -0.388. The lowest BCUT2D eigenvalue weighted by Gasteiger charge is -2.22. The van der Waals surface area contributed by atoms with E-state index in [4.69, 9.17) is 0 Å². The Kier molecular flexibility index (Phi) is 6.11. The molecule has 0 atom stereocenters. The molecule has 1 fully saturated rings. The average molecular weight is 428 g/mol. The number of nitro benzene ring substituents is 1. The maximum absolute atomic E-state index is 13.1. The van der Waals surface area contributed by atoms with Gasteiger partial charge in [-0.2, -0.15) is 13.2 Å². The van der Waals surface area contributed by atoms with Crippen LogP contribution in [-0.4, -0.2) is 27.5 Å². The molecule has 0 aliphatic heterocycles. The summed E-state index contributed by atoms with van der Waals surface area (Å²) in [5.74, 6) is -0.816. The third-order valence-electron chi connectivity index (χ3n) is 4.41. The molecule has 29 heavy (non-hydrogen) atoms. The highest BCUT2D eigenvalue weighted by molar-refractivity contribution is 8.00. The second kappa shape index (κ2) is 8.40. The van der Waals surface area contributed by atoms with Crippen LogP contribution in [-0.2, 0) is 17.5 Å². The summed E-state index contributed by atoms with van der Waals surface area (Å²) in [6, 6.07) is 8.05. The number of amides is 1. The van der Waals surface area contributed by atoms with Crippen LogP contribution in [0.5, 0.6) is 0 Å². The summed E-state index contributed by atoms with van der Waals surface area (Å²) >= 11 is 0.829. The number of nitro groups is 1. The van der Waals surface area contributed by atoms with Gasteiger partial charge in [0.15, 0.2) is 0 Å². The Morgan fingerprint density at radius 1 is 1.17 bits per heavy atom. The number of carbonyl (C=O) groups excluding carboxylic acids is 1. The van der Waals surface area contributed by atoms with E-state index in [-0.39, 0.29) is 35.0 Å². The van der Waals surface area contributed by atoms with Crippen molar-refractivity contribution in [1.82, 2.24) is 4.90 Å².